The number of fused-ring (bicyclic) bond motifs is 5. The van der Waals surface area contributed by atoms with Gasteiger partial charge in [-0.05, 0) is 24.3 Å². The average Bonchev–Trinajstić information content (AvgIpc) is 2.78. The minimum absolute atomic E-state index is 0.118. The topological polar surface area (TPSA) is 66.2 Å². The number of hydrogen-bond acceptors (Lipinski definition) is 3. The molecule has 0 saturated heterocycles. The van der Waals surface area contributed by atoms with Crippen molar-refractivity contribution in [1.82, 2.24) is 4.98 Å². The maximum atomic E-state index is 12.2. The van der Waals surface area contributed by atoms with Gasteiger partial charge in [0.1, 0.15) is 16.9 Å². The predicted octanol–water partition coefficient (Wildman–Crippen LogP) is 3.13. The predicted molar refractivity (Wildman–Crippen MR) is 73.5 cm³/mol. The lowest BCUT2D eigenvalue weighted by Gasteiger charge is -1.97. The van der Waals surface area contributed by atoms with E-state index in [0.29, 0.717) is 21.9 Å². The van der Waals surface area contributed by atoms with Gasteiger partial charge in [-0.3, -0.25) is 4.79 Å². The summed E-state index contributed by atoms with van der Waals surface area (Å²) < 4.78 is 5.75. The van der Waals surface area contributed by atoms with Crippen LogP contribution in [0, 0.1) is 0 Å². The van der Waals surface area contributed by atoms with E-state index in [0.717, 1.165) is 10.9 Å². The Morgan fingerprint density at radius 1 is 1.05 bits per heavy atom. The molecule has 4 aromatic rings. The zero-order chi connectivity index (χ0) is 13.0. The van der Waals surface area contributed by atoms with E-state index in [1.807, 2.05) is 24.3 Å². The van der Waals surface area contributed by atoms with E-state index in [2.05, 4.69) is 4.98 Å². The van der Waals surface area contributed by atoms with Crippen LogP contribution in [0.2, 0.25) is 0 Å². The van der Waals surface area contributed by atoms with Crippen molar-refractivity contribution in [3.8, 4) is 5.75 Å². The number of nitrogens with one attached hydrogen (secondary N) is 1. The van der Waals surface area contributed by atoms with E-state index in [1.54, 1.807) is 12.1 Å². The van der Waals surface area contributed by atoms with Gasteiger partial charge < -0.3 is 14.5 Å². The molecular formula is C15H9NO3. The third kappa shape index (κ3) is 1.31. The van der Waals surface area contributed by atoms with Crippen LogP contribution in [0.5, 0.6) is 5.75 Å². The molecule has 4 rings (SSSR count). The van der Waals surface area contributed by atoms with Gasteiger partial charge in [0.2, 0.25) is 0 Å². The number of phenols is 1. The molecule has 0 saturated carbocycles. The van der Waals surface area contributed by atoms with Gasteiger partial charge in [-0.25, -0.2) is 0 Å². The largest absolute Gasteiger partial charge is 0.508 e. The fraction of sp³-hybridized carbons (Fsp3) is 0. The highest BCUT2D eigenvalue weighted by molar-refractivity contribution is 6.13. The standard InChI is InChI=1S/C15H9NO3/c17-8-5-6-10-12(7-8)19-14-9-3-1-2-4-11(9)16-15(18)13(10)14/h1-7,17H,(H,16,18). The summed E-state index contributed by atoms with van der Waals surface area (Å²) in [6, 6.07) is 12.2. The number of furan rings is 1. The van der Waals surface area contributed by atoms with Crippen molar-refractivity contribution in [2.75, 3.05) is 0 Å². The quantitative estimate of drug-likeness (QED) is 0.504. The lowest BCUT2D eigenvalue weighted by atomic mass is 10.1. The second-order valence-electron chi connectivity index (χ2n) is 4.49. The Labute approximate surface area is 106 Å². The number of aromatic amines is 1. The molecule has 2 aromatic heterocycles. The molecule has 4 heteroatoms. The van der Waals surface area contributed by atoms with Gasteiger partial charge in [0, 0.05) is 16.8 Å². The molecule has 0 unspecified atom stereocenters. The van der Waals surface area contributed by atoms with Crippen molar-refractivity contribution in [1.29, 1.82) is 0 Å². The average molecular weight is 251 g/mol. The van der Waals surface area contributed by atoms with Gasteiger partial charge in [0.15, 0.2) is 0 Å². The second-order valence-corrected chi connectivity index (χ2v) is 4.49. The van der Waals surface area contributed by atoms with E-state index in [9.17, 15) is 9.90 Å². The summed E-state index contributed by atoms with van der Waals surface area (Å²) in [7, 11) is 0. The molecule has 0 atom stereocenters. The van der Waals surface area contributed by atoms with Crippen molar-refractivity contribution in [3.63, 3.8) is 0 Å². The first-order chi connectivity index (χ1) is 9.24. The first-order valence-corrected chi connectivity index (χ1v) is 5.90. The van der Waals surface area contributed by atoms with Crippen LogP contribution in [0.3, 0.4) is 0 Å². The monoisotopic (exact) mass is 251 g/mol. The van der Waals surface area contributed by atoms with E-state index in [-0.39, 0.29) is 11.3 Å². The summed E-state index contributed by atoms with van der Waals surface area (Å²) in [5.74, 6) is 0.118. The Morgan fingerprint density at radius 3 is 2.79 bits per heavy atom. The van der Waals surface area contributed by atoms with Crippen LogP contribution >= 0.6 is 0 Å². The molecule has 0 radical (unpaired) electrons. The lowest BCUT2D eigenvalue weighted by Crippen LogP contribution is -2.04. The molecule has 0 bridgehead atoms. The third-order valence-corrected chi connectivity index (χ3v) is 3.32. The molecule has 2 aromatic carbocycles. The van der Waals surface area contributed by atoms with Crippen LogP contribution in [0.4, 0.5) is 0 Å². The molecular weight excluding hydrogens is 242 g/mol. The van der Waals surface area contributed by atoms with Gasteiger partial charge >= 0.3 is 0 Å². The molecule has 19 heavy (non-hydrogen) atoms. The Kier molecular flexibility index (Phi) is 1.82. The maximum absolute atomic E-state index is 12.2. The number of para-hydroxylation sites is 1. The Morgan fingerprint density at radius 2 is 1.89 bits per heavy atom. The van der Waals surface area contributed by atoms with Crippen LogP contribution in [-0.4, -0.2) is 10.1 Å². The first kappa shape index (κ1) is 10.2. The number of phenolic OH excluding ortho intramolecular Hbond substituents is 1. The SMILES string of the molecule is O=c1[nH]c2ccccc2c2oc3cc(O)ccc3c12. The highest BCUT2D eigenvalue weighted by atomic mass is 16.3. The lowest BCUT2D eigenvalue weighted by molar-refractivity contribution is 0.475. The summed E-state index contributed by atoms with van der Waals surface area (Å²) in [6.45, 7) is 0. The smallest absolute Gasteiger partial charge is 0.260 e. The van der Waals surface area contributed by atoms with Gasteiger partial charge in [-0.1, -0.05) is 12.1 Å². The number of rotatable bonds is 0. The zero-order valence-electron chi connectivity index (χ0n) is 9.81. The Hall–Kier alpha value is -2.75. The number of benzene rings is 2. The number of pyridine rings is 1. The molecule has 0 amide bonds. The summed E-state index contributed by atoms with van der Waals surface area (Å²) in [4.78, 5) is 15.0. The number of aromatic nitrogens is 1. The summed E-state index contributed by atoms with van der Waals surface area (Å²) >= 11 is 0. The minimum atomic E-state index is -0.182. The highest BCUT2D eigenvalue weighted by Gasteiger charge is 2.14. The normalized spacial score (nSPS) is 11.6. The fourth-order valence-corrected chi connectivity index (χ4v) is 2.48. The fourth-order valence-electron chi connectivity index (χ4n) is 2.48. The van der Waals surface area contributed by atoms with Crippen molar-refractivity contribution < 1.29 is 9.52 Å². The molecule has 0 spiro atoms. The molecule has 92 valence electrons. The minimum Gasteiger partial charge on any atom is -0.508 e. The molecule has 4 nitrogen and oxygen atoms in total. The highest BCUT2D eigenvalue weighted by Crippen LogP contribution is 2.32. The molecule has 0 aliphatic carbocycles. The van der Waals surface area contributed by atoms with Crippen LogP contribution in [0.25, 0.3) is 32.8 Å². The van der Waals surface area contributed by atoms with Crippen LogP contribution in [0.15, 0.2) is 51.7 Å². The van der Waals surface area contributed by atoms with Gasteiger partial charge in [0.25, 0.3) is 5.56 Å². The summed E-state index contributed by atoms with van der Waals surface area (Å²) in [5, 5.41) is 11.6. The van der Waals surface area contributed by atoms with E-state index >= 15 is 0 Å². The summed E-state index contributed by atoms with van der Waals surface area (Å²) in [6.07, 6.45) is 0. The van der Waals surface area contributed by atoms with Crippen molar-refractivity contribution in [2.45, 2.75) is 0 Å². The van der Waals surface area contributed by atoms with E-state index in [1.165, 1.54) is 6.07 Å². The Balaban J connectivity index is 2.37. The Bertz CT molecular complexity index is 995. The summed E-state index contributed by atoms with van der Waals surface area (Å²) in [5.41, 5.74) is 1.62. The first-order valence-electron chi connectivity index (χ1n) is 5.90. The van der Waals surface area contributed by atoms with E-state index in [4.69, 9.17) is 4.42 Å². The van der Waals surface area contributed by atoms with Gasteiger partial charge in [-0.2, -0.15) is 0 Å². The third-order valence-electron chi connectivity index (χ3n) is 3.32. The van der Waals surface area contributed by atoms with Crippen LogP contribution in [0.1, 0.15) is 0 Å². The molecule has 0 aliphatic rings. The van der Waals surface area contributed by atoms with Crippen molar-refractivity contribution in [3.05, 3.63) is 52.8 Å². The van der Waals surface area contributed by atoms with Gasteiger partial charge in [-0.15, -0.1) is 0 Å². The zero-order valence-corrected chi connectivity index (χ0v) is 9.81. The molecule has 2 heterocycles. The van der Waals surface area contributed by atoms with Crippen LogP contribution in [-0.2, 0) is 0 Å². The number of hydrogen-bond donors (Lipinski definition) is 2. The molecule has 2 N–H and O–H groups in total. The molecule has 0 aliphatic heterocycles. The molecule has 0 fully saturated rings. The number of H-pyrrole nitrogens is 1. The number of aromatic hydroxyl groups is 1. The van der Waals surface area contributed by atoms with Gasteiger partial charge in [0.05, 0.1) is 10.9 Å². The van der Waals surface area contributed by atoms with Crippen LogP contribution < -0.4 is 5.56 Å². The second kappa shape index (κ2) is 3.38. The van der Waals surface area contributed by atoms with E-state index < -0.39 is 0 Å². The maximum Gasteiger partial charge on any atom is 0.260 e. The van der Waals surface area contributed by atoms with Crippen molar-refractivity contribution in [2.24, 2.45) is 0 Å². The van der Waals surface area contributed by atoms with Crippen molar-refractivity contribution >= 4 is 32.8 Å².